The molecule has 1 N–H and O–H groups in total. The highest BCUT2D eigenvalue weighted by molar-refractivity contribution is 7.93. The molecule has 1 saturated heterocycles. The molecule has 0 aliphatic carbocycles. The molecule has 1 aromatic rings. The fourth-order valence-corrected chi connectivity index (χ4v) is 4.86. The van der Waals surface area contributed by atoms with Crippen molar-refractivity contribution in [2.75, 3.05) is 40.8 Å². The molecular formula is C12H17ClN2O5S2. The molecule has 0 unspecified atom stereocenters. The zero-order valence-corrected chi connectivity index (χ0v) is 14.3. The summed E-state index contributed by atoms with van der Waals surface area (Å²) in [6.45, 7) is 0.424. The van der Waals surface area contributed by atoms with Gasteiger partial charge in [-0.05, 0) is 24.6 Å². The molecule has 1 aliphatic rings. The van der Waals surface area contributed by atoms with Crippen LogP contribution in [0.1, 0.15) is 6.42 Å². The van der Waals surface area contributed by atoms with Crippen LogP contribution in [0.15, 0.2) is 18.2 Å². The summed E-state index contributed by atoms with van der Waals surface area (Å²) in [5.41, 5.74) is 0.545. The summed E-state index contributed by atoms with van der Waals surface area (Å²) in [7, 11) is -5.55. The minimum Gasteiger partial charge on any atom is -0.384 e. The van der Waals surface area contributed by atoms with E-state index in [1.165, 1.54) is 23.5 Å². The van der Waals surface area contributed by atoms with Crippen LogP contribution in [-0.4, -0.2) is 48.6 Å². The quantitative estimate of drug-likeness (QED) is 0.816. The molecule has 2 rings (SSSR count). The molecular weight excluding hydrogens is 352 g/mol. The number of halogens is 1. The van der Waals surface area contributed by atoms with Gasteiger partial charge in [-0.25, -0.2) is 16.8 Å². The van der Waals surface area contributed by atoms with Crippen LogP contribution >= 0.6 is 11.6 Å². The van der Waals surface area contributed by atoms with E-state index in [1.807, 2.05) is 0 Å². The number of rotatable bonds is 6. The Kier molecular flexibility index (Phi) is 5.21. The number of anilines is 2. The van der Waals surface area contributed by atoms with E-state index in [0.29, 0.717) is 18.7 Å². The van der Waals surface area contributed by atoms with Crippen molar-refractivity contribution in [3.63, 3.8) is 0 Å². The van der Waals surface area contributed by atoms with Crippen LogP contribution in [0.2, 0.25) is 5.02 Å². The Balaban J connectivity index is 2.28. The molecule has 0 saturated carbocycles. The summed E-state index contributed by atoms with van der Waals surface area (Å²) in [4.78, 5) is 0. The van der Waals surface area contributed by atoms with Crippen molar-refractivity contribution in [1.82, 2.24) is 0 Å². The number of benzene rings is 1. The number of sulfonamides is 2. The lowest BCUT2D eigenvalue weighted by molar-refractivity contribution is 0.217. The van der Waals surface area contributed by atoms with E-state index < -0.39 is 20.0 Å². The van der Waals surface area contributed by atoms with Crippen molar-refractivity contribution in [2.24, 2.45) is 0 Å². The summed E-state index contributed by atoms with van der Waals surface area (Å²) in [6.07, 6.45) is 0.542. The number of hydrogen-bond acceptors (Lipinski definition) is 5. The van der Waals surface area contributed by atoms with E-state index in [9.17, 15) is 16.8 Å². The molecule has 1 heterocycles. The van der Waals surface area contributed by atoms with Gasteiger partial charge in [-0.2, -0.15) is 0 Å². The maximum Gasteiger partial charge on any atom is 0.235 e. The van der Waals surface area contributed by atoms with Crippen LogP contribution in [-0.2, 0) is 24.8 Å². The van der Waals surface area contributed by atoms with Crippen LogP contribution in [0.5, 0.6) is 0 Å². The van der Waals surface area contributed by atoms with Crippen molar-refractivity contribution >= 4 is 43.0 Å². The van der Waals surface area contributed by atoms with Gasteiger partial charge >= 0.3 is 0 Å². The molecule has 1 fully saturated rings. The van der Waals surface area contributed by atoms with Gasteiger partial charge in [-0.3, -0.25) is 9.03 Å². The SMILES string of the molecule is COCCS(=O)(=O)Nc1cc(N2CCCS2(=O)=O)ccc1Cl. The van der Waals surface area contributed by atoms with Crippen LogP contribution in [0.3, 0.4) is 0 Å². The van der Waals surface area contributed by atoms with Crippen molar-refractivity contribution in [1.29, 1.82) is 0 Å². The van der Waals surface area contributed by atoms with Crippen molar-refractivity contribution < 1.29 is 21.6 Å². The first-order valence-electron chi connectivity index (χ1n) is 6.54. The fourth-order valence-electron chi connectivity index (χ4n) is 2.09. The van der Waals surface area contributed by atoms with Gasteiger partial charge in [0.1, 0.15) is 0 Å². The molecule has 0 amide bonds. The Bertz CT molecular complexity index is 749. The van der Waals surface area contributed by atoms with Crippen molar-refractivity contribution in [3.8, 4) is 0 Å². The minimum atomic E-state index is -3.62. The summed E-state index contributed by atoms with van der Waals surface area (Å²) in [5, 5.41) is 0.196. The average molecular weight is 369 g/mol. The normalized spacial score (nSPS) is 17.6. The summed E-state index contributed by atoms with van der Waals surface area (Å²) >= 11 is 5.99. The van der Waals surface area contributed by atoms with Gasteiger partial charge in [0.05, 0.1) is 34.5 Å². The number of nitrogens with zero attached hydrogens (tertiary/aromatic N) is 1. The molecule has 1 aromatic carbocycles. The number of ether oxygens (including phenoxy) is 1. The van der Waals surface area contributed by atoms with Gasteiger partial charge in [-0.15, -0.1) is 0 Å². The second kappa shape index (κ2) is 6.61. The van der Waals surface area contributed by atoms with Crippen molar-refractivity contribution in [3.05, 3.63) is 23.2 Å². The molecule has 0 aromatic heterocycles. The second-order valence-electron chi connectivity index (χ2n) is 4.82. The van der Waals surface area contributed by atoms with E-state index in [0.717, 1.165) is 0 Å². The van der Waals surface area contributed by atoms with Gasteiger partial charge < -0.3 is 4.74 Å². The van der Waals surface area contributed by atoms with Crippen LogP contribution < -0.4 is 9.03 Å². The number of methoxy groups -OCH3 is 1. The highest BCUT2D eigenvalue weighted by Gasteiger charge is 2.29. The maximum atomic E-state index is 11.9. The first-order chi connectivity index (χ1) is 10.2. The molecule has 124 valence electrons. The molecule has 0 atom stereocenters. The van der Waals surface area contributed by atoms with E-state index >= 15 is 0 Å². The van der Waals surface area contributed by atoms with Crippen LogP contribution in [0.4, 0.5) is 11.4 Å². The smallest absolute Gasteiger partial charge is 0.235 e. The predicted molar refractivity (Wildman–Crippen MR) is 86.5 cm³/mol. The second-order valence-corrected chi connectivity index (χ2v) is 9.08. The lowest BCUT2D eigenvalue weighted by Gasteiger charge is -2.18. The van der Waals surface area contributed by atoms with Gasteiger partial charge in [0.2, 0.25) is 20.0 Å². The topological polar surface area (TPSA) is 92.8 Å². The van der Waals surface area contributed by atoms with Gasteiger partial charge in [0.15, 0.2) is 0 Å². The van der Waals surface area contributed by atoms with Crippen LogP contribution in [0.25, 0.3) is 0 Å². The average Bonchev–Trinajstić information content (AvgIpc) is 2.78. The highest BCUT2D eigenvalue weighted by atomic mass is 35.5. The third-order valence-electron chi connectivity index (χ3n) is 3.16. The fraction of sp³-hybridized carbons (Fsp3) is 0.500. The summed E-state index contributed by atoms with van der Waals surface area (Å²) < 4.78 is 56.0. The number of nitrogens with one attached hydrogen (secondary N) is 1. The van der Waals surface area contributed by atoms with Crippen molar-refractivity contribution in [2.45, 2.75) is 6.42 Å². The molecule has 0 radical (unpaired) electrons. The van der Waals surface area contributed by atoms with Gasteiger partial charge in [0, 0.05) is 13.7 Å². The third-order valence-corrected chi connectivity index (χ3v) is 6.59. The van der Waals surface area contributed by atoms with E-state index in [-0.39, 0.29) is 28.8 Å². The van der Waals surface area contributed by atoms with E-state index in [1.54, 1.807) is 6.07 Å². The van der Waals surface area contributed by atoms with E-state index in [4.69, 9.17) is 16.3 Å². The Morgan fingerprint density at radius 3 is 2.73 bits per heavy atom. The monoisotopic (exact) mass is 368 g/mol. The lowest BCUT2D eigenvalue weighted by Crippen LogP contribution is -2.25. The molecule has 0 spiro atoms. The zero-order chi connectivity index (χ0) is 16.4. The molecule has 1 aliphatic heterocycles. The molecule has 22 heavy (non-hydrogen) atoms. The Morgan fingerprint density at radius 2 is 2.14 bits per heavy atom. The Hall–Kier alpha value is -1.03. The Labute approximate surface area is 135 Å². The zero-order valence-electron chi connectivity index (χ0n) is 12.0. The standard InChI is InChI=1S/C12H17ClN2O5S2/c1-20-6-8-21(16,17)14-12-9-10(3-4-11(12)13)15-5-2-7-22(15,18)19/h3-4,9,14H,2,5-8H2,1H3. The van der Waals surface area contributed by atoms with E-state index in [2.05, 4.69) is 4.72 Å². The minimum absolute atomic E-state index is 0.0488. The van der Waals surface area contributed by atoms with Gasteiger partial charge in [-0.1, -0.05) is 11.6 Å². The molecule has 10 heteroatoms. The molecule has 7 nitrogen and oxygen atoms in total. The summed E-state index contributed by atoms with van der Waals surface area (Å²) in [6, 6.07) is 4.45. The van der Waals surface area contributed by atoms with Crippen LogP contribution in [0, 0.1) is 0 Å². The maximum absolute atomic E-state index is 11.9. The third kappa shape index (κ3) is 4.03. The summed E-state index contributed by atoms with van der Waals surface area (Å²) in [5.74, 6) is -0.128. The van der Waals surface area contributed by atoms with Gasteiger partial charge in [0.25, 0.3) is 0 Å². The predicted octanol–water partition coefficient (Wildman–Crippen LogP) is 1.27. The lowest BCUT2D eigenvalue weighted by atomic mass is 10.3. The highest BCUT2D eigenvalue weighted by Crippen LogP contribution is 2.31. The Morgan fingerprint density at radius 1 is 1.41 bits per heavy atom. The largest absolute Gasteiger partial charge is 0.384 e. The first-order valence-corrected chi connectivity index (χ1v) is 10.2. The molecule has 0 bridgehead atoms. The number of hydrogen-bond donors (Lipinski definition) is 1. The first kappa shape index (κ1) is 17.3.